The summed E-state index contributed by atoms with van der Waals surface area (Å²) in [5.74, 6) is 0.0407. The monoisotopic (exact) mass is 335 g/mol. The Bertz CT molecular complexity index is 867. The van der Waals surface area contributed by atoms with Crippen molar-refractivity contribution in [3.63, 3.8) is 0 Å². The van der Waals surface area contributed by atoms with E-state index in [0.717, 1.165) is 42.8 Å². The van der Waals surface area contributed by atoms with Crippen molar-refractivity contribution in [3.05, 3.63) is 60.0 Å². The van der Waals surface area contributed by atoms with Gasteiger partial charge in [0.25, 0.3) is 5.91 Å². The van der Waals surface area contributed by atoms with E-state index in [0.29, 0.717) is 5.56 Å². The fourth-order valence-electron chi connectivity index (χ4n) is 3.50. The number of benzene rings is 1. The standard InChI is InChI=1S/C19H21N5O/c1-14-10-21-23(12-14)13-16-8-5-9-24(16)19(25)17-11-20-22-18(17)15-6-3-2-4-7-15/h2-4,6-7,10-12,16H,5,8-9,13H2,1H3,(H,20,22)/t16-/m0/s1. The zero-order valence-corrected chi connectivity index (χ0v) is 14.2. The molecule has 1 amide bonds. The first-order chi connectivity index (χ1) is 12.2. The zero-order chi connectivity index (χ0) is 17.2. The third kappa shape index (κ3) is 3.07. The van der Waals surface area contributed by atoms with Crippen LogP contribution in [0.15, 0.2) is 48.9 Å². The maximum Gasteiger partial charge on any atom is 0.258 e. The molecule has 1 aromatic carbocycles. The number of amides is 1. The van der Waals surface area contributed by atoms with Gasteiger partial charge in [-0.05, 0) is 25.3 Å². The van der Waals surface area contributed by atoms with Crippen LogP contribution in [0.1, 0.15) is 28.8 Å². The molecule has 1 saturated heterocycles. The highest BCUT2D eigenvalue weighted by Gasteiger charge is 2.31. The van der Waals surface area contributed by atoms with E-state index in [-0.39, 0.29) is 11.9 Å². The Balaban J connectivity index is 1.57. The molecular weight excluding hydrogens is 314 g/mol. The van der Waals surface area contributed by atoms with Gasteiger partial charge in [-0.1, -0.05) is 30.3 Å². The summed E-state index contributed by atoms with van der Waals surface area (Å²) in [6.07, 6.45) is 7.54. The first-order valence-electron chi connectivity index (χ1n) is 8.61. The smallest absolute Gasteiger partial charge is 0.258 e. The minimum atomic E-state index is 0.0407. The van der Waals surface area contributed by atoms with Crippen molar-refractivity contribution in [2.24, 2.45) is 0 Å². The normalized spacial score (nSPS) is 17.2. The molecule has 0 bridgehead atoms. The van der Waals surface area contributed by atoms with E-state index in [1.165, 1.54) is 0 Å². The molecule has 0 saturated carbocycles. The average molecular weight is 335 g/mol. The number of H-pyrrole nitrogens is 1. The molecule has 3 heterocycles. The topological polar surface area (TPSA) is 66.8 Å². The van der Waals surface area contributed by atoms with Gasteiger partial charge in [0, 0.05) is 18.3 Å². The van der Waals surface area contributed by atoms with E-state index in [9.17, 15) is 4.79 Å². The molecule has 6 heteroatoms. The lowest BCUT2D eigenvalue weighted by atomic mass is 10.1. The Morgan fingerprint density at radius 3 is 2.88 bits per heavy atom. The minimum absolute atomic E-state index is 0.0407. The molecule has 3 aromatic rings. The molecule has 1 fully saturated rings. The van der Waals surface area contributed by atoms with E-state index in [1.807, 2.05) is 59.2 Å². The first kappa shape index (κ1) is 15.6. The Labute approximate surface area is 146 Å². The number of likely N-dealkylation sites (tertiary alicyclic amines) is 1. The van der Waals surface area contributed by atoms with Crippen molar-refractivity contribution in [2.45, 2.75) is 32.4 Å². The van der Waals surface area contributed by atoms with Gasteiger partial charge in [-0.15, -0.1) is 0 Å². The number of aromatic amines is 1. The fourth-order valence-corrected chi connectivity index (χ4v) is 3.50. The van der Waals surface area contributed by atoms with Crippen LogP contribution < -0.4 is 0 Å². The van der Waals surface area contributed by atoms with Gasteiger partial charge in [0.1, 0.15) is 0 Å². The summed E-state index contributed by atoms with van der Waals surface area (Å²) in [6, 6.07) is 10.0. The van der Waals surface area contributed by atoms with Crippen molar-refractivity contribution in [1.29, 1.82) is 0 Å². The lowest BCUT2D eigenvalue weighted by Gasteiger charge is -2.24. The lowest BCUT2D eigenvalue weighted by molar-refractivity contribution is 0.0722. The molecule has 0 unspecified atom stereocenters. The Hall–Kier alpha value is -2.89. The fraction of sp³-hybridized carbons (Fsp3) is 0.316. The third-order valence-electron chi connectivity index (χ3n) is 4.73. The predicted octanol–water partition coefficient (Wildman–Crippen LogP) is 2.89. The summed E-state index contributed by atoms with van der Waals surface area (Å²) in [4.78, 5) is 15.1. The summed E-state index contributed by atoms with van der Waals surface area (Å²) >= 11 is 0. The minimum Gasteiger partial charge on any atom is -0.334 e. The predicted molar refractivity (Wildman–Crippen MR) is 95.0 cm³/mol. The van der Waals surface area contributed by atoms with Crippen molar-refractivity contribution in [1.82, 2.24) is 24.9 Å². The van der Waals surface area contributed by atoms with Gasteiger partial charge in [0.05, 0.1) is 36.2 Å². The quantitative estimate of drug-likeness (QED) is 0.797. The third-order valence-corrected chi connectivity index (χ3v) is 4.73. The molecule has 4 rings (SSSR count). The number of carbonyl (C=O) groups is 1. The molecule has 1 N–H and O–H groups in total. The molecule has 2 aromatic heterocycles. The number of nitrogens with zero attached hydrogens (tertiary/aromatic N) is 4. The van der Waals surface area contributed by atoms with Crippen LogP contribution >= 0.6 is 0 Å². The maximum atomic E-state index is 13.1. The van der Waals surface area contributed by atoms with Crippen molar-refractivity contribution < 1.29 is 4.79 Å². The second kappa shape index (κ2) is 6.55. The van der Waals surface area contributed by atoms with Gasteiger partial charge in [-0.3, -0.25) is 14.6 Å². The SMILES string of the molecule is Cc1cnn(C[C@@H]2CCCN2C(=O)c2cn[nH]c2-c2ccccc2)c1. The Morgan fingerprint density at radius 2 is 2.12 bits per heavy atom. The molecule has 6 nitrogen and oxygen atoms in total. The van der Waals surface area contributed by atoms with Crippen LogP contribution in [0.25, 0.3) is 11.3 Å². The van der Waals surface area contributed by atoms with E-state index in [1.54, 1.807) is 6.20 Å². The molecule has 0 radical (unpaired) electrons. The van der Waals surface area contributed by atoms with Gasteiger partial charge in [-0.25, -0.2) is 0 Å². The molecule has 1 atom stereocenters. The van der Waals surface area contributed by atoms with Crippen molar-refractivity contribution in [2.75, 3.05) is 6.54 Å². The molecular formula is C19H21N5O. The second-order valence-corrected chi connectivity index (χ2v) is 6.56. The number of aryl methyl sites for hydroxylation is 1. The number of hydrogen-bond acceptors (Lipinski definition) is 3. The van der Waals surface area contributed by atoms with Crippen LogP contribution in [-0.2, 0) is 6.54 Å². The van der Waals surface area contributed by atoms with Crippen molar-refractivity contribution >= 4 is 5.91 Å². The largest absolute Gasteiger partial charge is 0.334 e. The summed E-state index contributed by atoms with van der Waals surface area (Å²) in [5, 5.41) is 11.5. The van der Waals surface area contributed by atoms with Crippen LogP contribution in [0, 0.1) is 6.92 Å². The number of rotatable bonds is 4. The zero-order valence-electron chi connectivity index (χ0n) is 14.2. The van der Waals surface area contributed by atoms with E-state index in [4.69, 9.17) is 0 Å². The Kier molecular flexibility index (Phi) is 4.09. The van der Waals surface area contributed by atoms with Crippen LogP contribution in [0.2, 0.25) is 0 Å². The molecule has 1 aliphatic rings. The lowest BCUT2D eigenvalue weighted by Crippen LogP contribution is -2.38. The van der Waals surface area contributed by atoms with Gasteiger partial charge >= 0.3 is 0 Å². The van der Waals surface area contributed by atoms with Gasteiger partial charge in [0.15, 0.2) is 0 Å². The number of nitrogens with one attached hydrogen (secondary N) is 1. The maximum absolute atomic E-state index is 13.1. The molecule has 1 aliphatic heterocycles. The highest BCUT2D eigenvalue weighted by Crippen LogP contribution is 2.26. The van der Waals surface area contributed by atoms with Crippen LogP contribution in [0.3, 0.4) is 0 Å². The second-order valence-electron chi connectivity index (χ2n) is 6.56. The number of aromatic nitrogens is 4. The number of carbonyl (C=O) groups excluding carboxylic acids is 1. The molecule has 0 spiro atoms. The average Bonchev–Trinajstić information content (AvgIpc) is 3.36. The summed E-state index contributed by atoms with van der Waals surface area (Å²) in [6.45, 7) is 3.54. The first-order valence-corrected chi connectivity index (χ1v) is 8.61. The van der Waals surface area contributed by atoms with Crippen molar-refractivity contribution in [3.8, 4) is 11.3 Å². The summed E-state index contributed by atoms with van der Waals surface area (Å²) < 4.78 is 1.93. The van der Waals surface area contributed by atoms with Crippen LogP contribution in [0.5, 0.6) is 0 Å². The highest BCUT2D eigenvalue weighted by atomic mass is 16.2. The molecule has 128 valence electrons. The van der Waals surface area contributed by atoms with Gasteiger partial charge in [0.2, 0.25) is 0 Å². The van der Waals surface area contributed by atoms with E-state index in [2.05, 4.69) is 15.3 Å². The van der Waals surface area contributed by atoms with Gasteiger partial charge in [-0.2, -0.15) is 10.2 Å². The Morgan fingerprint density at radius 1 is 1.28 bits per heavy atom. The van der Waals surface area contributed by atoms with Crippen LogP contribution in [0.4, 0.5) is 0 Å². The molecule has 0 aliphatic carbocycles. The summed E-state index contributed by atoms with van der Waals surface area (Å²) in [5.41, 5.74) is 3.53. The number of hydrogen-bond donors (Lipinski definition) is 1. The highest BCUT2D eigenvalue weighted by molar-refractivity contribution is 6.00. The van der Waals surface area contributed by atoms with E-state index < -0.39 is 0 Å². The van der Waals surface area contributed by atoms with Gasteiger partial charge < -0.3 is 4.90 Å². The summed E-state index contributed by atoms with van der Waals surface area (Å²) in [7, 11) is 0. The van der Waals surface area contributed by atoms with E-state index >= 15 is 0 Å². The molecule has 25 heavy (non-hydrogen) atoms. The van der Waals surface area contributed by atoms with Crippen LogP contribution in [-0.4, -0.2) is 43.4 Å².